The molecule has 6 nitrogen and oxygen atoms in total. The Labute approximate surface area is 208 Å². The second-order valence-corrected chi connectivity index (χ2v) is 10.7. The Morgan fingerprint density at radius 3 is 2.43 bits per heavy atom. The number of aliphatic carboxylic acids is 1. The molecule has 35 heavy (non-hydrogen) atoms. The SMILES string of the molecule is Cc1cscc1-c1c(C)cc(-c2nc(-c3ccc4c(c3)CN(C3CC(C(=O)O)C3)C4)no2)cc1C. The third-order valence-electron chi connectivity index (χ3n) is 7.52. The summed E-state index contributed by atoms with van der Waals surface area (Å²) in [7, 11) is 0. The Morgan fingerprint density at radius 2 is 1.74 bits per heavy atom. The van der Waals surface area contributed by atoms with E-state index in [1.165, 1.54) is 38.9 Å². The Kier molecular flexibility index (Phi) is 5.34. The molecule has 7 heteroatoms. The van der Waals surface area contributed by atoms with E-state index < -0.39 is 5.97 Å². The number of aromatic nitrogens is 2. The first-order chi connectivity index (χ1) is 16.9. The number of fused-ring (bicyclic) bond motifs is 1. The van der Waals surface area contributed by atoms with Crippen molar-refractivity contribution in [2.45, 2.75) is 52.7 Å². The van der Waals surface area contributed by atoms with E-state index in [0.717, 1.165) is 37.1 Å². The number of carbonyl (C=O) groups is 1. The van der Waals surface area contributed by atoms with Gasteiger partial charge in [-0.05, 0) is 102 Å². The predicted octanol–water partition coefficient (Wildman–Crippen LogP) is 6.24. The maximum atomic E-state index is 11.1. The largest absolute Gasteiger partial charge is 0.481 e. The van der Waals surface area contributed by atoms with E-state index in [1.807, 2.05) is 0 Å². The van der Waals surface area contributed by atoms with Crippen molar-refractivity contribution in [1.82, 2.24) is 15.0 Å². The Morgan fingerprint density at radius 1 is 1.00 bits per heavy atom. The molecule has 0 spiro atoms. The van der Waals surface area contributed by atoms with Crippen LogP contribution in [0.4, 0.5) is 0 Å². The second-order valence-electron chi connectivity index (χ2n) is 9.93. The van der Waals surface area contributed by atoms with Crippen LogP contribution in [0, 0.1) is 26.7 Å². The lowest BCUT2D eigenvalue weighted by Crippen LogP contribution is -2.44. The van der Waals surface area contributed by atoms with Crippen molar-refractivity contribution >= 4 is 17.3 Å². The highest BCUT2D eigenvalue weighted by atomic mass is 32.1. The van der Waals surface area contributed by atoms with Gasteiger partial charge in [0.25, 0.3) is 5.89 Å². The first kappa shape index (κ1) is 22.2. The number of hydrogen-bond acceptors (Lipinski definition) is 6. The van der Waals surface area contributed by atoms with Gasteiger partial charge in [0, 0.05) is 30.3 Å². The molecule has 2 aliphatic rings. The van der Waals surface area contributed by atoms with Crippen molar-refractivity contribution in [3.05, 3.63) is 68.9 Å². The summed E-state index contributed by atoms with van der Waals surface area (Å²) in [6.45, 7) is 8.13. The molecule has 0 unspecified atom stereocenters. The van der Waals surface area contributed by atoms with Crippen LogP contribution in [-0.2, 0) is 17.9 Å². The monoisotopic (exact) mass is 485 g/mol. The second kappa shape index (κ2) is 8.43. The van der Waals surface area contributed by atoms with Gasteiger partial charge in [0.2, 0.25) is 5.82 Å². The summed E-state index contributed by atoms with van der Waals surface area (Å²) in [5.74, 6) is 0.252. The Balaban J connectivity index is 1.22. The fourth-order valence-electron chi connectivity index (χ4n) is 5.49. The number of nitrogens with zero attached hydrogens (tertiary/aromatic N) is 3. The lowest BCUT2D eigenvalue weighted by atomic mass is 9.79. The zero-order chi connectivity index (χ0) is 24.3. The zero-order valence-electron chi connectivity index (χ0n) is 20.0. The van der Waals surface area contributed by atoms with Crippen molar-refractivity contribution in [3.8, 4) is 34.0 Å². The quantitative estimate of drug-likeness (QED) is 0.361. The van der Waals surface area contributed by atoms with Crippen LogP contribution in [0.3, 0.4) is 0 Å². The van der Waals surface area contributed by atoms with Crippen LogP contribution in [-0.4, -0.2) is 32.2 Å². The van der Waals surface area contributed by atoms with Gasteiger partial charge in [0.1, 0.15) is 0 Å². The lowest BCUT2D eigenvalue weighted by Gasteiger charge is -2.39. The van der Waals surface area contributed by atoms with Crippen molar-refractivity contribution in [3.63, 3.8) is 0 Å². The van der Waals surface area contributed by atoms with Crippen LogP contribution in [0.1, 0.15) is 40.7 Å². The molecule has 0 amide bonds. The van der Waals surface area contributed by atoms with Crippen molar-refractivity contribution in [1.29, 1.82) is 0 Å². The van der Waals surface area contributed by atoms with Crippen molar-refractivity contribution < 1.29 is 14.4 Å². The molecule has 2 aromatic heterocycles. The molecule has 0 atom stereocenters. The summed E-state index contributed by atoms with van der Waals surface area (Å²) in [4.78, 5) is 18.3. The van der Waals surface area contributed by atoms with Crippen molar-refractivity contribution in [2.24, 2.45) is 5.92 Å². The molecule has 0 saturated heterocycles. The number of benzene rings is 2. The summed E-state index contributed by atoms with van der Waals surface area (Å²) in [6.07, 6.45) is 1.49. The average molecular weight is 486 g/mol. The molecule has 178 valence electrons. The van der Waals surface area contributed by atoms with Crippen LogP contribution in [0.2, 0.25) is 0 Å². The Hall–Kier alpha value is -3.29. The normalized spacial score (nSPS) is 19.5. The molecule has 3 heterocycles. The number of rotatable bonds is 5. The minimum Gasteiger partial charge on any atom is -0.481 e. The third kappa shape index (κ3) is 3.89. The van der Waals surface area contributed by atoms with E-state index in [9.17, 15) is 9.90 Å². The van der Waals surface area contributed by atoms with Gasteiger partial charge in [0.05, 0.1) is 5.92 Å². The highest BCUT2D eigenvalue weighted by molar-refractivity contribution is 7.08. The summed E-state index contributed by atoms with van der Waals surface area (Å²) in [6, 6.07) is 10.9. The fourth-order valence-corrected chi connectivity index (χ4v) is 6.33. The molecule has 1 fully saturated rings. The Bertz CT molecular complexity index is 1420. The van der Waals surface area contributed by atoms with Crippen LogP contribution in [0.25, 0.3) is 34.0 Å². The topological polar surface area (TPSA) is 79.5 Å². The van der Waals surface area contributed by atoms with E-state index >= 15 is 0 Å². The molecule has 6 rings (SSSR count). The molecule has 0 bridgehead atoms. The number of aryl methyl sites for hydroxylation is 3. The third-order valence-corrected chi connectivity index (χ3v) is 8.38. The molecule has 2 aromatic carbocycles. The summed E-state index contributed by atoms with van der Waals surface area (Å²) >= 11 is 1.73. The number of thiophene rings is 1. The van der Waals surface area contributed by atoms with Crippen LogP contribution in [0.15, 0.2) is 45.6 Å². The number of carboxylic acids is 1. The molecular weight excluding hydrogens is 458 g/mol. The van der Waals surface area contributed by atoms with Gasteiger partial charge < -0.3 is 9.63 Å². The smallest absolute Gasteiger partial charge is 0.306 e. The highest BCUT2D eigenvalue weighted by Gasteiger charge is 2.39. The van der Waals surface area contributed by atoms with Gasteiger partial charge in [0.15, 0.2) is 0 Å². The van der Waals surface area contributed by atoms with Crippen molar-refractivity contribution in [2.75, 3.05) is 0 Å². The number of carboxylic acid groups (broad SMARTS) is 1. The molecular formula is C28H27N3O3S. The first-order valence-electron chi connectivity index (χ1n) is 11.9. The van der Waals surface area contributed by atoms with Gasteiger partial charge in [-0.2, -0.15) is 16.3 Å². The van der Waals surface area contributed by atoms with Gasteiger partial charge in [-0.3, -0.25) is 9.69 Å². The van der Waals surface area contributed by atoms with Gasteiger partial charge in [-0.1, -0.05) is 17.3 Å². The van der Waals surface area contributed by atoms with E-state index in [4.69, 9.17) is 9.51 Å². The van der Waals surface area contributed by atoms with E-state index in [0.29, 0.717) is 17.8 Å². The fraction of sp³-hybridized carbons (Fsp3) is 0.321. The summed E-state index contributed by atoms with van der Waals surface area (Å²) in [5.41, 5.74) is 10.7. The van der Waals surface area contributed by atoms with Crippen LogP contribution in [0.5, 0.6) is 0 Å². The van der Waals surface area contributed by atoms with Gasteiger partial charge in [-0.25, -0.2) is 0 Å². The zero-order valence-corrected chi connectivity index (χ0v) is 20.9. The average Bonchev–Trinajstić information content (AvgIpc) is 3.51. The summed E-state index contributed by atoms with van der Waals surface area (Å²) < 4.78 is 5.68. The molecule has 1 N–H and O–H groups in total. The number of hydrogen-bond donors (Lipinski definition) is 1. The predicted molar refractivity (Wildman–Crippen MR) is 136 cm³/mol. The van der Waals surface area contributed by atoms with Gasteiger partial charge in [-0.15, -0.1) is 0 Å². The maximum Gasteiger partial charge on any atom is 0.306 e. The van der Waals surface area contributed by atoms with Crippen LogP contribution < -0.4 is 0 Å². The minimum atomic E-state index is -0.672. The lowest BCUT2D eigenvalue weighted by molar-refractivity contribution is -0.147. The standard InChI is InChI=1S/C28H27N3O3S/c1-15-6-20(7-16(2)25(15)24-14-35-13-17(24)3)27-29-26(30-34-27)18-4-5-19-11-31(12-22(19)8-18)23-9-21(10-23)28(32)33/h4-8,13-14,21,23H,9-12H2,1-3H3,(H,32,33). The highest BCUT2D eigenvalue weighted by Crippen LogP contribution is 2.38. The molecule has 4 aromatic rings. The maximum absolute atomic E-state index is 11.1. The van der Waals surface area contributed by atoms with E-state index in [2.05, 4.69) is 71.9 Å². The first-order valence-corrected chi connectivity index (χ1v) is 12.9. The van der Waals surface area contributed by atoms with E-state index in [-0.39, 0.29) is 5.92 Å². The van der Waals surface area contributed by atoms with E-state index in [1.54, 1.807) is 11.3 Å². The molecule has 1 aliphatic carbocycles. The molecule has 1 saturated carbocycles. The van der Waals surface area contributed by atoms with Gasteiger partial charge >= 0.3 is 5.97 Å². The summed E-state index contributed by atoms with van der Waals surface area (Å²) in [5, 5.41) is 17.8. The van der Waals surface area contributed by atoms with Crippen LogP contribution >= 0.6 is 11.3 Å². The minimum absolute atomic E-state index is 0.187. The molecule has 0 radical (unpaired) electrons. The molecule has 1 aliphatic heterocycles.